The monoisotopic (exact) mass is 379 g/mol. The van der Waals surface area contributed by atoms with Crippen LogP contribution in [0.3, 0.4) is 0 Å². The van der Waals surface area contributed by atoms with E-state index in [0.29, 0.717) is 22.3 Å². The number of aromatic nitrogens is 1. The zero-order valence-corrected chi connectivity index (χ0v) is 13.9. The smallest absolute Gasteiger partial charge is 0.358 e. The van der Waals surface area contributed by atoms with Gasteiger partial charge in [-0.1, -0.05) is 0 Å². The number of carbonyl (C=O) groups is 2. The molecule has 0 aliphatic rings. The summed E-state index contributed by atoms with van der Waals surface area (Å²) in [5.74, 6) is -3.08. The zero-order chi connectivity index (χ0) is 19.8. The van der Waals surface area contributed by atoms with Gasteiger partial charge < -0.3 is 15.6 Å². The number of carbonyl (C=O) groups excluding carboxylic acids is 2. The highest BCUT2D eigenvalue weighted by Crippen LogP contribution is 2.25. The molecule has 0 aliphatic carbocycles. The molecule has 2 aromatic carbocycles. The number of halogens is 4. The molecule has 0 atom stereocenters. The van der Waals surface area contributed by atoms with E-state index < -0.39 is 23.8 Å². The lowest BCUT2D eigenvalue weighted by atomic mass is 10.1. The fourth-order valence-corrected chi connectivity index (χ4v) is 2.62. The molecule has 3 rings (SSSR count). The number of H-pyrrole nitrogens is 1. The number of nitrogens with one attached hydrogen (secondary N) is 3. The molecular weight excluding hydrogens is 366 g/mol. The molecule has 140 valence electrons. The molecule has 2 amide bonds. The Kier molecular flexibility index (Phi) is 4.61. The van der Waals surface area contributed by atoms with Gasteiger partial charge in [0.15, 0.2) is 0 Å². The Morgan fingerprint density at radius 1 is 0.963 bits per heavy atom. The minimum atomic E-state index is -4.99. The van der Waals surface area contributed by atoms with Gasteiger partial charge in [0.05, 0.1) is 5.56 Å². The Morgan fingerprint density at radius 3 is 2.15 bits per heavy atom. The maximum absolute atomic E-state index is 13.5. The zero-order valence-electron chi connectivity index (χ0n) is 13.9. The maximum Gasteiger partial charge on any atom is 0.471 e. The van der Waals surface area contributed by atoms with Crippen molar-refractivity contribution in [3.05, 3.63) is 59.5 Å². The normalized spacial score (nSPS) is 11.4. The highest BCUT2D eigenvalue weighted by atomic mass is 19.4. The van der Waals surface area contributed by atoms with Crippen LogP contribution in [0.15, 0.2) is 42.5 Å². The van der Waals surface area contributed by atoms with Gasteiger partial charge in [0.25, 0.3) is 5.91 Å². The molecule has 0 aliphatic heterocycles. The number of alkyl halides is 3. The van der Waals surface area contributed by atoms with Gasteiger partial charge in [-0.3, -0.25) is 9.59 Å². The SMILES string of the molecule is Cc1[nH]c2ccc(F)cc2c1C(=O)Nc1ccc(NC(=O)C(F)(F)F)cc1. The molecular formula is C18H13F4N3O2. The van der Waals surface area contributed by atoms with Crippen molar-refractivity contribution >= 4 is 34.1 Å². The third-order valence-corrected chi connectivity index (χ3v) is 3.83. The quantitative estimate of drug-likeness (QED) is 0.592. The molecule has 0 spiro atoms. The molecule has 0 saturated carbocycles. The average Bonchev–Trinajstić information content (AvgIpc) is 2.90. The molecule has 27 heavy (non-hydrogen) atoms. The van der Waals surface area contributed by atoms with Gasteiger partial charge in [-0.15, -0.1) is 0 Å². The highest BCUT2D eigenvalue weighted by molar-refractivity contribution is 6.14. The molecule has 3 N–H and O–H groups in total. The summed E-state index contributed by atoms with van der Waals surface area (Å²) in [7, 11) is 0. The van der Waals surface area contributed by atoms with Gasteiger partial charge in [0.1, 0.15) is 5.82 Å². The summed E-state index contributed by atoms with van der Waals surface area (Å²) in [5.41, 5.74) is 1.64. The molecule has 0 saturated heterocycles. The van der Waals surface area contributed by atoms with E-state index in [0.717, 1.165) is 0 Å². The fraction of sp³-hybridized carbons (Fsp3) is 0.111. The van der Waals surface area contributed by atoms with Gasteiger partial charge in [-0.2, -0.15) is 13.2 Å². The van der Waals surface area contributed by atoms with Gasteiger partial charge in [-0.05, 0) is 49.4 Å². The minimum Gasteiger partial charge on any atom is -0.358 e. The van der Waals surface area contributed by atoms with Crippen LogP contribution < -0.4 is 10.6 Å². The van der Waals surface area contributed by atoms with Crippen molar-refractivity contribution in [3.63, 3.8) is 0 Å². The molecule has 0 fully saturated rings. The fourth-order valence-electron chi connectivity index (χ4n) is 2.62. The van der Waals surface area contributed by atoms with Crippen LogP contribution in [0.5, 0.6) is 0 Å². The van der Waals surface area contributed by atoms with Crippen LogP contribution >= 0.6 is 0 Å². The van der Waals surface area contributed by atoms with Crippen molar-refractivity contribution in [3.8, 4) is 0 Å². The van der Waals surface area contributed by atoms with Crippen molar-refractivity contribution < 1.29 is 27.2 Å². The Balaban J connectivity index is 1.78. The lowest BCUT2D eigenvalue weighted by Gasteiger charge is -2.09. The van der Waals surface area contributed by atoms with Crippen LogP contribution in [-0.2, 0) is 4.79 Å². The van der Waals surface area contributed by atoms with E-state index in [4.69, 9.17) is 0 Å². The van der Waals surface area contributed by atoms with Crippen LogP contribution in [0.2, 0.25) is 0 Å². The first-order valence-electron chi connectivity index (χ1n) is 7.72. The number of hydrogen-bond donors (Lipinski definition) is 3. The van der Waals surface area contributed by atoms with E-state index in [1.54, 1.807) is 12.2 Å². The van der Waals surface area contributed by atoms with Gasteiger partial charge in [0.2, 0.25) is 0 Å². The summed E-state index contributed by atoms with van der Waals surface area (Å²) in [6.07, 6.45) is -4.99. The molecule has 1 heterocycles. The van der Waals surface area contributed by atoms with Crippen LogP contribution in [-0.4, -0.2) is 23.0 Å². The molecule has 0 unspecified atom stereocenters. The van der Waals surface area contributed by atoms with Gasteiger partial charge in [0, 0.05) is 28.0 Å². The number of benzene rings is 2. The molecule has 3 aromatic rings. The van der Waals surface area contributed by atoms with E-state index in [1.807, 2.05) is 0 Å². The molecule has 9 heteroatoms. The topological polar surface area (TPSA) is 74.0 Å². The maximum atomic E-state index is 13.5. The van der Waals surface area contributed by atoms with Crippen molar-refractivity contribution in [1.82, 2.24) is 4.98 Å². The van der Waals surface area contributed by atoms with Gasteiger partial charge in [-0.25, -0.2) is 4.39 Å². The lowest BCUT2D eigenvalue weighted by Crippen LogP contribution is -2.29. The number of anilines is 2. The summed E-state index contributed by atoms with van der Waals surface area (Å²) < 4.78 is 50.2. The number of rotatable bonds is 3. The third-order valence-electron chi connectivity index (χ3n) is 3.83. The van der Waals surface area contributed by atoms with Crippen molar-refractivity contribution in [2.24, 2.45) is 0 Å². The first-order valence-corrected chi connectivity index (χ1v) is 7.72. The second-order valence-corrected chi connectivity index (χ2v) is 5.80. The van der Waals surface area contributed by atoms with Crippen molar-refractivity contribution in [2.75, 3.05) is 10.6 Å². The Hall–Kier alpha value is -3.36. The predicted octanol–water partition coefficient (Wildman–Crippen LogP) is 4.37. The first-order chi connectivity index (χ1) is 12.6. The molecule has 5 nitrogen and oxygen atoms in total. The predicted molar refractivity (Wildman–Crippen MR) is 92.1 cm³/mol. The van der Waals surface area contributed by atoms with E-state index in [2.05, 4.69) is 10.3 Å². The lowest BCUT2D eigenvalue weighted by molar-refractivity contribution is -0.167. The number of fused-ring (bicyclic) bond motifs is 1. The second-order valence-electron chi connectivity index (χ2n) is 5.80. The number of amides is 2. The van der Waals surface area contributed by atoms with E-state index >= 15 is 0 Å². The van der Waals surface area contributed by atoms with E-state index in [1.165, 1.54) is 42.5 Å². The van der Waals surface area contributed by atoms with E-state index in [-0.39, 0.29) is 11.3 Å². The summed E-state index contributed by atoms with van der Waals surface area (Å²) in [6.45, 7) is 1.67. The number of hydrogen-bond acceptors (Lipinski definition) is 2. The second kappa shape index (κ2) is 6.75. The summed E-state index contributed by atoms with van der Waals surface area (Å²) >= 11 is 0. The van der Waals surface area contributed by atoms with Crippen LogP contribution in [0.4, 0.5) is 28.9 Å². The average molecular weight is 379 g/mol. The standard InChI is InChI=1S/C18H13F4N3O2/c1-9-15(13-8-10(19)2-7-14(13)23-9)16(26)24-11-3-5-12(6-4-11)25-17(27)18(20,21)22/h2-8,23H,1H3,(H,24,26)(H,25,27). The molecule has 1 aromatic heterocycles. The first kappa shape index (κ1) is 18.4. The van der Waals surface area contributed by atoms with Crippen LogP contribution in [0.1, 0.15) is 16.1 Å². The molecule has 0 bridgehead atoms. The summed E-state index contributed by atoms with van der Waals surface area (Å²) in [6, 6.07) is 9.16. The van der Waals surface area contributed by atoms with Crippen molar-refractivity contribution in [2.45, 2.75) is 13.1 Å². The third kappa shape index (κ3) is 3.91. The van der Waals surface area contributed by atoms with Crippen LogP contribution in [0, 0.1) is 12.7 Å². The Morgan fingerprint density at radius 2 is 1.56 bits per heavy atom. The number of aryl methyl sites for hydroxylation is 1. The van der Waals surface area contributed by atoms with E-state index in [9.17, 15) is 27.2 Å². The number of aromatic amines is 1. The van der Waals surface area contributed by atoms with Gasteiger partial charge >= 0.3 is 12.1 Å². The Labute approximate surface area is 150 Å². The largest absolute Gasteiger partial charge is 0.471 e. The summed E-state index contributed by atoms with van der Waals surface area (Å²) in [4.78, 5) is 26.4. The van der Waals surface area contributed by atoms with Crippen molar-refractivity contribution in [1.29, 1.82) is 0 Å². The molecule has 0 radical (unpaired) electrons. The summed E-state index contributed by atoms with van der Waals surface area (Å²) in [5, 5.41) is 4.71. The van der Waals surface area contributed by atoms with Crippen LogP contribution in [0.25, 0.3) is 10.9 Å². The minimum absolute atomic E-state index is 0.0688. The Bertz CT molecular complexity index is 1020. The highest BCUT2D eigenvalue weighted by Gasteiger charge is 2.38.